The number of hydrogen-bond acceptors (Lipinski definition) is 0. The van der Waals surface area contributed by atoms with Crippen LogP contribution in [-0.2, 0) is 25.7 Å². The quantitative estimate of drug-likeness (QED) is 0.0631. The lowest BCUT2D eigenvalue weighted by molar-refractivity contribution is -0.345. The monoisotopic (exact) mass is 681 g/mol. The van der Waals surface area contributed by atoms with Crippen LogP contribution in [0.2, 0.25) is 0 Å². The van der Waals surface area contributed by atoms with Gasteiger partial charge in [0.05, 0.1) is 0 Å². The van der Waals surface area contributed by atoms with E-state index >= 15 is 0 Å². The summed E-state index contributed by atoms with van der Waals surface area (Å²) in [6, 6.07) is 14.7. The number of hydrogen-bond donors (Lipinski definition) is 0. The Morgan fingerprint density at radius 3 is 0.880 bits per heavy atom. The first-order valence-electron chi connectivity index (χ1n) is 21.7. The lowest BCUT2D eigenvalue weighted by Crippen LogP contribution is -2.05. The van der Waals surface area contributed by atoms with E-state index < -0.39 is 0 Å². The minimum Gasteiger partial charge on any atom is -0.493 e. The Balaban J connectivity index is 2.14. The molecule has 278 valence electrons. The molecule has 2 aromatic rings. The van der Waals surface area contributed by atoms with Crippen LogP contribution in [0.4, 0.5) is 0 Å². The van der Waals surface area contributed by atoms with E-state index in [2.05, 4.69) is 77.9 Å². The summed E-state index contributed by atoms with van der Waals surface area (Å²) in [5.74, 6) is 0. The van der Waals surface area contributed by atoms with Gasteiger partial charge in [-0.15, -0.1) is 0 Å². The summed E-state index contributed by atoms with van der Waals surface area (Å²) in [6.45, 7) is 13.8. The molecule has 0 unspecified atom stereocenters. The van der Waals surface area contributed by atoms with Crippen LogP contribution in [-0.4, -0.2) is 4.70 Å². The summed E-state index contributed by atoms with van der Waals surface area (Å²) in [6.07, 6.45) is 31.7. The Morgan fingerprint density at radius 2 is 0.620 bits per heavy atom. The van der Waals surface area contributed by atoms with Gasteiger partial charge in [-0.2, -0.15) is 0 Å². The molecule has 0 bridgehead atoms. The van der Waals surface area contributed by atoms with Crippen molar-refractivity contribution in [2.24, 2.45) is 0 Å². The third-order valence-corrected chi connectivity index (χ3v) is 10.8. The predicted octanol–water partition coefficient (Wildman–Crippen LogP) is 15.7. The highest BCUT2D eigenvalue weighted by Crippen LogP contribution is 2.45. The van der Waals surface area contributed by atoms with Crippen molar-refractivity contribution < 1.29 is 4.70 Å². The smallest absolute Gasteiger partial charge is 0.211 e. The number of nitrogens with zero attached hydrogens (tertiary/aromatic N) is 2. The van der Waals surface area contributed by atoms with Crippen LogP contribution < -0.4 is 0 Å². The Labute approximate surface area is 310 Å². The molecule has 0 spiro atoms. The first-order chi connectivity index (χ1) is 24.5. The van der Waals surface area contributed by atoms with Gasteiger partial charge in [-0.05, 0) is 124 Å². The molecule has 0 saturated carbocycles. The summed E-state index contributed by atoms with van der Waals surface area (Å²) < 4.78 is 1.67. The van der Waals surface area contributed by atoms with Gasteiger partial charge in [-0.1, -0.05) is 144 Å². The van der Waals surface area contributed by atoms with Gasteiger partial charge < -0.3 is 5.53 Å². The fourth-order valence-electron chi connectivity index (χ4n) is 7.89. The average Bonchev–Trinajstić information content (AvgIpc) is 3.40. The minimum absolute atomic E-state index is 1.03. The van der Waals surface area contributed by atoms with Gasteiger partial charge in [0, 0.05) is 22.3 Å². The molecule has 0 radical (unpaired) electrons. The maximum Gasteiger partial charge on any atom is 0.211 e. The minimum atomic E-state index is 1.03. The second-order valence-electron chi connectivity index (χ2n) is 15.5. The molecule has 2 heteroatoms. The van der Waals surface area contributed by atoms with E-state index in [1.54, 1.807) is 4.70 Å². The van der Waals surface area contributed by atoms with Crippen molar-refractivity contribution in [2.75, 3.05) is 0 Å². The largest absolute Gasteiger partial charge is 0.493 e. The molecular formula is C48H76N2. The van der Waals surface area contributed by atoms with E-state index in [4.69, 9.17) is 0 Å². The van der Waals surface area contributed by atoms with E-state index in [1.165, 1.54) is 147 Å². The van der Waals surface area contributed by atoms with Gasteiger partial charge in [-0.3, -0.25) is 0 Å². The van der Waals surface area contributed by atoms with E-state index in [1.807, 2.05) is 0 Å². The van der Waals surface area contributed by atoms with E-state index in [0.717, 1.165) is 75.6 Å². The molecule has 3 rings (SSSR count). The summed E-state index contributed by atoms with van der Waals surface area (Å²) in [5.41, 5.74) is 25.8. The normalized spacial score (nSPS) is 13.4. The highest BCUT2D eigenvalue weighted by Gasteiger charge is 2.35. The lowest BCUT2D eigenvalue weighted by Gasteiger charge is -2.15. The highest BCUT2D eigenvalue weighted by atomic mass is 15.2. The number of aryl methyl sites for hydroxylation is 4. The van der Waals surface area contributed by atoms with Crippen molar-refractivity contribution in [3.05, 3.63) is 86.5 Å². The van der Waals surface area contributed by atoms with Crippen molar-refractivity contribution >= 4 is 11.4 Å². The van der Waals surface area contributed by atoms with Gasteiger partial charge in [0.2, 0.25) is 11.4 Å². The molecule has 0 atom stereocenters. The molecule has 0 saturated heterocycles. The predicted molar refractivity (Wildman–Crippen MR) is 221 cm³/mol. The molecule has 1 aliphatic heterocycles. The van der Waals surface area contributed by atoms with E-state index in [9.17, 15) is 5.53 Å². The van der Waals surface area contributed by atoms with Gasteiger partial charge in [0.15, 0.2) is 0 Å². The van der Waals surface area contributed by atoms with Gasteiger partial charge in [0.25, 0.3) is 0 Å². The standard InChI is InChI=1S/C48H76N2/c1-7-13-19-23-27-39-33-40(28-24-20-14-8-2)36-43(35-39)47-45(31-17-11-5)46(32-18-12-6)48(50(47)49)44-37-41(29-25-21-15-9-3)34-42(38-44)30-26-22-16-10-4/h33-38H,7-32H2,1-6H3. The molecule has 0 aromatic heterocycles. The summed E-state index contributed by atoms with van der Waals surface area (Å²) in [4.78, 5) is 0. The van der Waals surface area contributed by atoms with Crippen LogP contribution in [0.15, 0.2) is 47.5 Å². The first-order valence-corrected chi connectivity index (χ1v) is 21.7. The van der Waals surface area contributed by atoms with Crippen molar-refractivity contribution in [3.8, 4) is 0 Å². The van der Waals surface area contributed by atoms with Gasteiger partial charge >= 0.3 is 0 Å². The van der Waals surface area contributed by atoms with Gasteiger partial charge in [0.1, 0.15) is 0 Å². The van der Waals surface area contributed by atoms with Crippen LogP contribution >= 0.6 is 0 Å². The molecule has 1 heterocycles. The SMILES string of the molecule is CCCCCCc1cc(CCCCCC)cc(C2=C(CCCC)C(CCCC)=C(c3cc(CCCCCC)cc(CCCCCC)c3)[N+]2=[N-])c1. The summed E-state index contributed by atoms with van der Waals surface area (Å²) in [7, 11) is 0. The third-order valence-electron chi connectivity index (χ3n) is 10.8. The molecule has 0 fully saturated rings. The highest BCUT2D eigenvalue weighted by molar-refractivity contribution is 5.82. The number of benzene rings is 2. The number of rotatable bonds is 28. The fourth-order valence-corrected chi connectivity index (χ4v) is 7.89. The Kier molecular flexibility index (Phi) is 20.7. The maximum absolute atomic E-state index is 12.6. The van der Waals surface area contributed by atoms with Crippen LogP contribution in [0.3, 0.4) is 0 Å². The zero-order valence-corrected chi connectivity index (χ0v) is 33.7. The lowest BCUT2D eigenvalue weighted by atomic mass is 9.90. The number of allylic oxidation sites excluding steroid dienone is 2. The average molecular weight is 681 g/mol. The third kappa shape index (κ3) is 13.6. The van der Waals surface area contributed by atoms with Crippen molar-refractivity contribution in [1.82, 2.24) is 0 Å². The molecule has 50 heavy (non-hydrogen) atoms. The maximum atomic E-state index is 12.6. The van der Waals surface area contributed by atoms with Crippen LogP contribution in [0.1, 0.15) is 216 Å². The van der Waals surface area contributed by atoms with Crippen molar-refractivity contribution in [1.29, 1.82) is 0 Å². The summed E-state index contributed by atoms with van der Waals surface area (Å²) >= 11 is 0. The Morgan fingerprint density at radius 1 is 0.340 bits per heavy atom. The van der Waals surface area contributed by atoms with Crippen molar-refractivity contribution in [3.63, 3.8) is 0 Å². The molecule has 0 aliphatic carbocycles. The molecule has 2 nitrogen and oxygen atoms in total. The van der Waals surface area contributed by atoms with Crippen LogP contribution in [0.25, 0.3) is 16.9 Å². The summed E-state index contributed by atoms with van der Waals surface area (Å²) in [5, 5.41) is 0. The van der Waals surface area contributed by atoms with Crippen molar-refractivity contribution in [2.45, 2.75) is 208 Å². The Hall–Kier alpha value is -2.48. The second-order valence-corrected chi connectivity index (χ2v) is 15.5. The molecular weight excluding hydrogens is 605 g/mol. The van der Waals surface area contributed by atoms with Crippen LogP contribution in [0.5, 0.6) is 0 Å². The number of unbranched alkanes of at least 4 members (excludes halogenated alkanes) is 14. The zero-order chi connectivity index (χ0) is 36.0. The zero-order valence-electron chi connectivity index (χ0n) is 33.7. The van der Waals surface area contributed by atoms with E-state index in [-0.39, 0.29) is 0 Å². The molecule has 2 aromatic carbocycles. The topological polar surface area (TPSA) is 25.3 Å². The molecule has 1 aliphatic rings. The fraction of sp³-hybridized carbons (Fsp3) is 0.667. The van der Waals surface area contributed by atoms with Gasteiger partial charge in [-0.25, -0.2) is 4.70 Å². The molecule has 0 amide bonds. The molecule has 0 N–H and O–H groups in total. The second kappa shape index (κ2) is 24.7. The van der Waals surface area contributed by atoms with Crippen LogP contribution in [0, 0.1) is 0 Å². The Bertz CT molecular complexity index is 1180. The van der Waals surface area contributed by atoms with E-state index in [0.29, 0.717) is 0 Å². The first kappa shape index (κ1) is 41.9.